The monoisotopic (exact) mass is 316 g/mol. The van der Waals surface area contributed by atoms with Crippen molar-refractivity contribution in [2.24, 2.45) is 0 Å². The summed E-state index contributed by atoms with van der Waals surface area (Å²) in [5, 5.41) is 3.74. The molecule has 0 radical (unpaired) electrons. The Morgan fingerprint density at radius 3 is 2.52 bits per heavy atom. The van der Waals surface area contributed by atoms with Crippen LogP contribution in [0.25, 0.3) is 22.2 Å². The van der Waals surface area contributed by atoms with Crippen LogP contribution in [0.4, 0.5) is 8.78 Å². The summed E-state index contributed by atoms with van der Waals surface area (Å²) in [6.45, 7) is -0.0814. The van der Waals surface area contributed by atoms with Crippen LogP contribution in [0, 0.1) is 11.8 Å². The van der Waals surface area contributed by atoms with Crippen molar-refractivity contribution in [3.63, 3.8) is 0 Å². The highest BCUT2D eigenvalue weighted by atomic mass is 19.1. The summed E-state index contributed by atoms with van der Waals surface area (Å²) in [6.07, 6.45) is 1.50. The fraction of sp³-hybridized carbons (Fsp3) is 0.188. The SMILES string of the molecule is CN(C)C(=O)Cn1nc(F)c2ncc(-c3ccc(F)cc3)cc21. The van der Waals surface area contributed by atoms with Gasteiger partial charge in [0.05, 0.1) is 5.52 Å². The normalized spacial score (nSPS) is 11.0. The molecule has 3 aromatic rings. The Hall–Kier alpha value is -2.83. The Kier molecular flexibility index (Phi) is 3.77. The van der Waals surface area contributed by atoms with Crippen LogP contribution < -0.4 is 0 Å². The van der Waals surface area contributed by atoms with Crippen LogP contribution in [0.1, 0.15) is 0 Å². The fourth-order valence-electron chi connectivity index (χ4n) is 2.21. The zero-order valence-corrected chi connectivity index (χ0v) is 12.6. The molecule has 0 saturated carbocycles. The first-order chi connectivity index (χ1) is 11.0. The van der Waals surface area contributed by atoms with E-state index in [4.69, 9.17) is 0 Å². The zero-order valence-electron chi connectivity index (χ0n) is 12.6. The van der Waals surface area contributed by atoms with E-state index in [0.29, 0.717) is 11.1 Å². The van der Waals surface area contributed by atoms with Crippen LogP contribution in [0.5, 0.6) is 0 Å². The van der Waals surface area contributed by atoms with Gasteiger partial charge in [0.15, 0.2) is 0 Å². The molecule has 0 fully saturated rings. The molecule has 0 saturated heterocycles. The van der Waals surface area contributed by atoms with E-state index in [1.807, 2.05) is 0 Å². The van der Waals surface area contributed by atoms with Crippen LogP contribution >= 0.6 is 0 Å². The Morgan fingerprint density at radius 2 is 1.87 bits per heavy atom. The Morgan fingerprint density at radius 1 is 1.17 bits per heavy atom. The number of nitrogens with zero attached hydrogens (tertiary/aromatic N) is 4. The van der Waals surface area contributed by atoms with Crippen molar-refractivity contribution >= 4 is 16.9 Å². The second-order valence-corrected chi connectivity index (χ2v) is 5.34. The molecule has 3 rings (SSSR count). The number of likely N-dealkylation sites (N-methyl/N-ethyl adjacent to an activating group) is 1. The number of aromatic nitrogens is 3. The highest BCUT2D eigenvalue weighted by Crippen LogP contribution is 2.24. The minimum atomic E-state index is -0.725. The van der Waals surface area contributed by atoms with Gasteiger partial charge in [-0.1, -0.05) is 12.1 Å². The molecule has 0 N–H and O–H groups in total. The van der Waals surface area contributed by atoms with Gasteiger partial charge in [-0.25, -0.2) is 9.37 Å². The molecule has 7 heteroatoms. The topological polar surface area (TPSA) is 51.0 Å². The average Bonchev–Trinajstić information content (AvgIpc) is 2.83. The van der Waals surface area contributed by atoms with Crippen LogP contribution in [0.2, 0.25) is 0 Å². The number of carbonyl (C=O) groups excluding carboxylic acids is 1. The maximum absolute atomic E-state index is 13.9. The first-order valence-electron chi connectivity index (χ1n) is 6.94. The fourth-order valence-corrected chi connectivity index (χ4v) is 2.21. The third-order valence-electron chi connectivity index (χ3n) is 3.51. The van der Waals surface area contributed by atoms with Gasteiger partial charge >= 0.3 is 0 Å². The predicted octanol–water partition coefficient (Wildman–Crippen LogP) is 2.46. The Bertz CT molecular complexity index is 872. The number of amides is 1. The first kappa shape index (κ1) is 15.1. The maximum Gasteiger partial charge on any atom is 0.258 e. The second-order valence-electron chi connectivity index (χ2n) is 5.34. The van der Waals surface area contributed by atoms with Gasteiger partial charge in [0.25, 0.3) is 5.95 Å². The summed E-state index contributed by atoms with van der Waals surface area (Å²) in [4.78, 5) is 17.3. The van der Waals surface area contributed by atoms with Gasteiger partial charge in [-0.15, -0.1) is 5.10 Å². The van der Waals surface area contributed by atoms with E-state index in [-0.39, 0.29) is 23.8 Å². The van der Waals surface area contributed by atoms with Crippen molar-refractivity contribution in [2.75, 3.05) is 14.1 Å². The van der Waals surface area contributed by atoms with Crippen molar-refractivity contribution in [3.05, 3.63) is 48.3 Å². The van der Waals surface area contributed by atoms with Crippen molar-refractivity contribution in [1.82, 2.24) is 19.7 Å². The minimum absolute atomic E-state index is 0.0814. The molecule has 0 aliphatic carbocycles. The molecule has 0 unspecified atom stereocenters. The van der Waals surface area contributed by atoms with Gasteiger partial charge in [-0.3, -0.25) is 9.48 Å². The van der Waals surface area contributed by atoms with Gasteiger partial charge in [0.2, 0.25) is 5.91 Å². The van der Waals surface area contributed by atoms with Crippen LogP contribution in [0.3, 0.4) is 0 Å². The molecule has 0 aliphatic rings. The smallest absolute Gasteiger partial charge is 0.258 e. The highest BCUT2D eigenvalue weighted by Gasteiger charge is 2.16. The van der Waals surface area contributed by atoms with Crippen molar-refractivity contribution < 1.29 is 13.6 Å². The molecule has 2 aromatic heterocycles. The van der Waals surface area contributed by atoms with Crippen molar-refractivity contribution in [2.45, 2.75) is 6.54 Å². The van der Waals surface area contributed by atoms with Gasteiger partial charge < -0.3 is 4.90 Å². The summed E-state index contributed by atoms with van der Waals surface area (Å²) in [5.74, 6) is -1.27. The van der Waals surface area contributed by atoms with E-state index in [1.165, 1.54) is 27.9 Å². The Labute approximate surface area is 131 Å². The average molecular weight is 316 g/mol. The number of halogens is 2. The zero-order chi connectivity index (χ0) is 16.6. The first-order valence-corrected chi connectivity index (χ1v) is 6.94. The van der Waals surface area contributed by atoms with Crippen LogP contribution in [-0.2, 0) is 11.3 Å². The number of hydrogen-bond acceptors (Lipinski definition) is 3. The number of benzene rings is 1. The summed E-state index contributed by atoms with van der Waals surface area (Å²) in [6, 6.07) is 7.59. The van der Waals surface area contributed by atoms with Crippen molar-refractivity contribution in [1.29, 1.82) is 0 Å². The number of hydrogen-bond donors (Lipinski definition) is 0. The van der Waals surface area contributed by atoms with E-state index >= 15 is 0 Å². The number of rotatable bonds is 3. The summed E-state index contributed by atoms with van der Waals surface area (Å²) >= 11 is 0. The summed E-state index contributed by atoms with van der Waals surface area (Å²) in [5.41, 5.74) is 1.95. The molecule has 5 nitrogen and oxygen atoms in total. The molecule has 1 amide bonds. The highest BCUT2D eigenvalue weighted by molar-refractivity contribution is 5.83. The number of carbonyl (C=O) groups is 1. The lowest BCUT2D eigenvalue weighted by molar-refractivity contribution is -0.129. The van der Waals surface area contributed by atoms with Crippen LogP contribution in [-0.4, -0.2) is 39.7 Å². The van der Waals surface area contributed by atoms with E-state index in [1.54, 1.807) is 32.3 Å². The molecule has 0 atom stereocenters. The predicted molar refractivity (Wildman–Crippen MR) is 81.6 cm³/mol. The molecular weight excluding hydrogens is 302 g/mol. The second kappa shape index (κ2) is 5.75. The number of pyridine rings is 1. The minimum Gasteiger partial charge on any atom is -0.347 e. The third kappa shape index (κ3) is 2.90. The van der Waals surface area contributed by atoms with E-state index in [9.17, 15) is 13.6 Å². The molecule has 0 spiro atoms. The molecule has 0 bridgehead atoms. The molecule has 23 heavy (non-hydrogen) atoms. The summed E-state index contributed by atoms with van der Waals surface area (Å²) in [7, 11) is 3.24. The molecular formula is C16H14F2N4O. The number of fused-ring (bicyclic) bond motifs is 1. The standard InChI is InChI=1S/C16H14F2N4O/c1-21(2)14(23)9-22-13-7-11(8-19-15(13)16(18)20-22)10-3-5-12(17)6-4-10/h3-8H,9H2,1-2H3. The lowest BCUT2D eigenvalue weighted by Gasteiger charge is -2.10. The largest absolute Gasteiger partial charge is 0.347 e. The van der Waals surface area contributed by atoms with Gasteiger partial charge in [0.1, 0.15) is 17.9 Å². The van der Waals surface area contributed by atoms with Gasteiger partial charge in [-0.05, 0) is 23.8 Å². The molecule has 2 heterocycles. The van der Waals surface area contributed by atoms with E-state index < -0.39 is 5.95 Å². The van der Waals surface area contributed by atoms with Gasteiger partial charge in [0, 0.05) is 25.9 Å². The maximum atomic E-state index is 13.9. The van der Waals surface area contributed by atoms with Gasteiger partial charge in [-0.2, -0.15) is 4.39 Å². The molecule has 118 valence electrons. The Balaban J connectivity index is 2.07. The summed E-state index contributed by atoms with van der Waals surface area (Å²) < 4.78 is 28.2. The third-order valence-corrected chi connectivity index (χ3v) is 3.51. The van der Waals surface area contributed by atoms with Crippen LogP contribution in [0.15, 0.2) is 36.5 Å². The molecule has 0 aliphatic heterocycles. The van der Waals surface area contributed by atoms with E-state index in [2.05, 4.69) is 10.1 Å². The lowest BCUT2D eigenvalue weighted by atomic mass is 10.1. The molecule has 1 aromatic carbocycles. The van der Waals surface area contributed by atoms with Crippen molar-refractivity contribution in [3.8, 4) is 11.1 Å². The lowest BCUT2D eigenvalue weighted by Crippen LogP contribution is -2.26. The quantitative estimate of drug-likeness (QED) is 0.746. The van der Waals surface area contributed by atoms with E-state index in [0.717, 1.165) is 5.56 Å².